The lowest BCUT2D eigenvalue weighted by atomic mass is 10.1. The zero-order valence-electron chi connectivity index (χ0n) is 11.6. The Bertz CT molecular complexity index is 547. The summed E-state index contributed by atoms with van der Waals surface area (Å²) in [6.45, 7) is 4.00. The molecule has 0 unspecified atom stereocenters. The lowest BCUT2D eigenvalue weighted by molar-refractivity contribution is 0.252. The molecule has 0 saturated heterocycles. The third-order valence-electron chi connectivity index (χ3n) is 3.08. The average molecular weight is 297 g/mol. The monoisotopic (exact) mass is 297 g/mol. The summed E-state index contributed by atoms with van der Waals surface area (Å²) in [7, 11) is 1.89. The van der Waals surface area contributed by atoms with Crippen LogP contribution in [-0.2, 0) is 7.05 Å². The van der Waals surface area contributed by atoms with Gasteiger partial charge in [0.1, 0.15) is 5.82 Å². The molecule has 1 aromatic carbocycles. The van der Waals surface area contributed by atoms with E-state index in [0.29, 0.717) is 16.7 Å². The van der Waals surface area contributed by atoms with E-state index in [4.69, 9.17) is 0 Å². The summed E-state index contributed by atoms with van der Waals surface area (Å²) in [6.07, 6.45) is 0. The highest BCUT2D eigenvalue weighted by atomic mass is 32.2. The van der Waals surface area contributed by atoms with Crippen LogP contribution >= 0.6 is 11.8 Å². The van der Waals surface area contributed by atoms with Crippen LogP contribution in [0.15, 0.2) is 35.2 Å². The van der Waals surface area contributed by atoms with Crippen LogP contribution in [0.5, 0.6) is 0 Å². The number of nitrogens with zero attached hydrogens (tertiary/aromatic N) is 2. The predicted octanol–water partition coefficient (Wildman–Crippen LogP) is 4.22. The molecule has 0 spiro atoms. The van der Waals surface area contributed by atoms with Gasteiger partial charge in [0.15, 0.2) is 0 Å². The van der Waals surface area contributed by atoms with Crippen LogP contribution in [0.3, 0.4) is 0 Å². The van der Waals surface area contributed by atoms with Gasteiger partial charge in [-0.1, -0.05) is 23.9 Å². The van der Waals surface area contributed by atoms with Gasteiger partial charge in [-0.25, -0.2) is 0 Å². The van der Waals surface area contributed by atoms with Crippen molar-refractivity contribution in [1.29, 1.82) is 0 Å². The molecule has 1 N–H and O–H groups in total. The first kappa shape index (κ1) is 14.8. The number of benzene rings is 1. The summed E-state index contributed by atoms with van der Waals surface area (Å²) in [4.78, 5) is 0.574. The number of alkyl halides is 2. The molecule has 1 atom stereocenters. The molecule has 2 rings (SSSR count). The lowest BCUT2D eigenvalue weighted by Crippen LogP contribution is -2.07. The van der Waals surface area contributed by atoms with Crippen molar-refractivity contribution in [2.24, 2.45) is 7.05 Å². The summed E-state index contributed by atoms with van der Waals surface area (Å²) in [5.41, 5.74) is 2.11. The summed E-state index contributed by atoms with van der Waals surface area (Å²) in [6, 6.07) is 9.19. The molecule has 108 valence electrons. The normalized spacial score (nSPS) is 12.7. The standard InChI is InChI=1S/C14H17F2N3S/c1-9-8-13(18-19(9)3)17-10(2)11-4-6-12(7-5-11)20-14(15)16/h4-8,10,14H,1-3H3,(H,17,18)/t10-/m0/s1. The average Bonchev–Trinajstić information content (AvgIpc) is 2.68. The smallest absolute Gasteiger partial charge is 0.288 e. The van der Waals surface area contributed by atoms with E-state index in [1.54, 1.807) is 16.8 Å². The zero-order valence-corrected chi connectivity index (χ0v) is 12.4. The van der Waals surface area contributed by atoms with Gasteiger partial charge in [0.2, 0.25) is 0 Å². The van der Waals surface area contributed by atoms with E-state index in [1.165, 1.54) is 0 Å². The van der Waals surface area contributed by atoms with Crippen molar-refractivity contribution in [3.05, 3.63) is 41.6 Å². The second-order valence-corrected chi connectivity index (χ2v) is 5.67. The minimum atomic E-state index is -2.38. The van der Waals surface area contributed by atoms with Gasteiger partial charge < -0.3 is 5.32 Å². The summed E-state index contributed by atoms with van der Waals surface area (Å²) in [5.74, 6) is -1.57. The molecule has 1 heterocycles. The summed E-state index contributed by atoms with van der Waals surface area (Å²) < 4.78 is 26.3. The van der Waals surface area contributed by atoms with E-state index in [0.717, 1.165) is 17.1 Å². The van der Waals surface area contributed by atoms with E-state index in [2.05, 4.69) is 10.4 Å². The van der Waals surface area contributed by atoms with Crippen LogP contribution < -0.4 is 5.32 Å². The topological polar surface area (TPSA) is 29.9 Å². The second-order valence-electron chi connectivity index (χ2n) is 4.61. The maximum atomic E-state index is 12.2. The molecular weight excluding hydrogens is 280 g/mol. The van der Waals surface area contributed by atoms with Crippen LogP contribution in [0, 0.1) is 6.92 Å². The lowest BCUT2D eigenvalue weighted by Gasteiger charge is -2.14. The van der Waals surface area contributed by atoms with Gasteiger partial charge in [-0.2, -0.15) is 13.9 Å². The number of aromatic nitrogens is 2. The minimum Gasteiger partial charge on any atom is -0.362 e. The largest absolute Gasteiger partial charge is 0.362 e. The number of rotatable bonds is 5. The van der Waals surface area contributed by atoms with Crippen LogP contribution in [-0.4, -0.2) is 15.5 Å². The van der Waals surface area contributed by atoms with Crippen LogP contribution in [0.4, 0.5) is 14.6 Å². The van der Waals surface area contributed by atoms with Crippen molar-refractivity contribution in [1.82, 2.24) is 9.78 Å². The van der Waals surface area contributed by atoms with Crippen molar-refractivity contribution in [3.63, 3.8) is 0 Å². The number of nitrogens with one attached hydrogen (secondary N) is 1. The first-order valence-corrected chi connectivity index (χ1v) is 7.15. The zero-order chi connectivity index (χ0) is 14.7. The van der Waals surface area contributed by atoms with Gasteiger partial charge >= 0.3 is 0 Å². The number of aryl methyl sites for hydroxylation is 2. The van der Waals surface area contributed by atoms with Gasteiger partial charge in [0, 0.05) is 29.7 Å². The fraction of sp³-hybridized carbons (Fsp3) is 0.357. The Kier molecular flexibility index (Phi) is 4.65. The first-order chi connectivity index (χ1) is 9.45. The molecule has 0 fully saturated rings. The summed E-state index contributed by atoms with van der Waals surface area (Å²) >= 11 is 0.559. The highest BCUT2D eigenvalue weighted by Crippen LogP contribution is 2.27. The Morgan fingerprint density at radius 3 is 2.40 bits per heavy atom. The summed E-state index contributed by atoms with van der Waals surface area (Å²) in [5, 5.41) is 7.63. The second kappa shape index (κ2) is 6.26. The highest BCUT2D eigenvalue weighted by Gasteiger charge is 2.09. The number of thioether (sulfide) groups is 1. The Hall–Kier alpha value is -1.56. The van der Waals surface area contributed by atoms with E-state index in [1.807, 2.05) is 39.1 Å². The quantitative estimate of drug-likeness (QED) is 0.838. The number of halogens is 2. The SMILES string of the molecule is Cc1cc(N[C@@H](C)c2ccc(SC(F)F)cc2)nn1C. The third-order valence-corrected chi connectivity index (χ3v) is 3.81. The van der Waals surface area contributed by atoms with Crippen LogP contribution in [0.25, 0.3) is 0 Å². The fourth-order valence-corrected chi connectivity index (χ4v) is 2.37. The van der Waals surface area contributed by atoms with Gasteiger partial charge in [0.25, 0.3) is 5.76 Å². The molecule has 1 aromatic heterocycles. The molecule has 0 aliphatic carbocycles. The Morgan fingerprint density at radius 1 is 1.25 bits per heavy atom. The Morgan fingerprint density at radius 2 is 1.90 bits per heavy atom. The van der Waals surface area contributed by atoms with Crippen molar-refractivity contribution in [3.8, 4) is 0 Å². The van der Waals surface area contributed by atoms with Crippen LogP contribution in [0.2, 0.25) is 0 Å². The molecular formula is C14H17F2N3S. The van der Waals surface area contributed by atoms with Crippen molar-refractivity contribution in [2.45, 2.75) is 30.5 Å². The molecule has 0 amide bonds. The van der Waals surface area contributed by atoms with Gasteiger partial charge in [0.05, 0.1) is 0 Å². The molecule has 20 heavy (non-hydrogen) atoms. The molecule has 0 radical (unpaired) electrons. The third kappa shape index (κ3) is 3.72. The maximum absolute atomic E-state index is 12.2. The van der Waals surface area contributed by atoms with Crippen molar-refractivity contribution in [2.75, 3.05) is 5.32 Å². The molecule has 3 nitrogen and oxygen atoms in total. The van der Waals surface area contributed by atoms with E-state index in [9.17, 15) is 8.78 Å². The predicted molar refractivity (Wildman–Crippen MR) is 78.3 cm³/mol. The van der Waals surface area contributed by atoms with Gasteiger partial charge in [-0.3, -0.25) is 4.68 Å². The maximum Gasteiger partial charge on any atom is 0.288 e. The van der Waals surface area contributed by atoms with E-state index < -0.39 is 5.76 Å². The van der Waals surface area contributed by atoms with E-state index in [-0.39, 0.29) is 6.04 Å². The first-order valence-electron chi connectivity index (χ1n) is 6.27. The highest BCUT2D eigenvalue weighted by molar-refractivity contribution is 7.99. The minimum absolute atomic E-state index is 0.0647. The number of hydrogen-bond donors (Lipinski definition) is 1. The fourth-order valence-electron chi connectivity index (χ4n) is 1.87. The Labute approximate surface area is 121 Å². The molecule has 0 aliphatic heterocycles. The molecule has 6 heteroatoms. The number of anilines is 1. The number of hydrogen-bond acceptors (Lipinski definition) is 3. The van der Waals surface area contributed by atoms with Gasteiger partial charge in [-0.05, 0) is 31.5 Å². The molecule has 0 bridgehead atoms. The van der Waals surface area contributed by atoms with E-state index >= 15 is 0 Å². The molecule has 0 saturated carbocycles. The Balaban J connectivity index is 2.03. The van der Waals surface area contributed by atoms with Crippen molar-refractivity contribution >= 4 is 17.6 Å². The van der Waals surface area contributed by atoms with Gasteiger partial charge in [-0.15, -0.1) is 0 Å². The van der Waals surface area contributed by atoms with Crippen LogP contribution in [0.1, 0.15) is 24.2 Å². The van der Waals surface area contributed by atoms with Crippen molar-refractivity contribution < 1.29 is 8.78 Å². The molecule has 2 aromatic rings. The molecule has 0 aliphatic rings.